The minimum atomic E-state index is -0.155. The lowest BCUT2D eigenvalue weighted by atomic mass is 10.5. The quantitative estimate of drug-likeness (QED) is 0.308. The van der Waals surface area contributed by atoms with Gasteiger partial charge in [0.2, 0.25) is 3.79 Å². The summed E-state index contributed by atoms with van der Waals surface area (Å²) in [6.45, 7) is 1.45. The molecule has 0 rings (SSSR count). The van der Waals surface area contributed by atoms with E-state index in [0.717, 1.165) is 6.08 Å². The standard InChI is InChI=1S/C4H5IO2/c1-3(6)2-4(5)7/h2,6H,1H3. The molecule has 0 aliphatic rings. The van der Waals surface area contributed by atoms with Crippen molar-refractivity contribution in [2.75, 3.05) is 0 Å². The average molecular weight is 212 g/mol. The molecule has 0 spiro atoms. The molecule has 40 valence electrons. The van der Waals surface area contributed by atoms with Crippen LogP contribution in [-0.4, -0.2) is 8.90 Å². The van der Waals surface area contributed by atoms with Gasteiger partial charge in [0.1, 0.15) is 0 Å². The summed E-state index contributed by atoms with van der Waals surface area (Å²) in [4.78, 5) is 10.0. The summed E-state index contributed by atoms with van der Waals surface area (Å²) >= 11 is 1.58. The zero-order valence-corrected chi connectivity index (χ0v) is 5.97. The number of allylic oxidation sites excluding steroid dienone is 2. The summed E-state index contributed by atoms with van der Waals surface area (Å²) in [5.74, 6) is 0.0550. The lowest BCUT2D eigenvalue weighted by molar-refractivity contribution is -0.105. The van der Waals surface area contributed by atoms with Crippen molar-refractivity contribution in [2.45, 2.75) is 6.92 Å². The summed E-state index contributed by atoms with van der Waals surface area (Å²) in [6.07, 6.45) is 1.15. The maximum atomic E-state index is 10.0. The minimum absolute atomic E-state index is 0.0550. The van der Waals surface area contributed by atoms with E-state index in [0.29, 0.717) is 0 Å². The van der Waals surface area contributed by atoms with Gasteiger partial charge in [0.05, 0.1) is 5.76 Å². The molecule has 7 heavy (non-hydrogen) atoms. The summed E-state index contributed by atoms with van der Waals surface area (Å²) in [5, 5.41) is 8.36. The normalized spacial score (nSPS) is 11.4. The number of aliphatic hydroxyl groups excluding tert-OH is 1. The van der Waals surface area contributed by atoms with Crippen molar-refractivity contribution in [1.82, 2.24) is 0 Å². The highest BCUT2D eigenvalue weighted by Gasteiger charge is 1.85. The topological polar surface area (TPSA) is 37.3 Å². The Labute approximate surface area is 55.4 Å². The van der Waals surface area contributed by atoms with Gasteiger partial charge in [0.25, 0.3) is 0 Å². The van der Waals surface area contributed by atoms with E-state index in [2.05, 4.69) is 0 Å². The minimum Gasteiger partial charge on any atom is -0.512 e. The van der Waals surface area contributed by atoms with Crippen molar-refractivity contribution in [2.24, 2.45) is 0 Å². The van der Waals surface area contributed by atoms with E-state index < -0.39 is 0 Å². The predicted molar refractivity (Wildman–Crippen MR) is 35.4 cm³/mol. The van der Waals surface area contributed by atoms with E-state index in [-0.39, 0.29) is 9.55 Å². The summed E-state index contributed by atoms with van der Waals surface area (Å²) in [7, 11) is 0. The molecule has 0 amide bonds. The van der Waals surface area contributed by atoms with E-state index in [1.807, 2.05) is 0 Å². The number of hydrogen-bond donors (Lipinski definition) is 1. The largest absolute Gasteiger partial charge is 0.512 e. The Morgan fingerprint density at radius 1 is 1.86 bits per heavy atom. The maximum Gasteiger partial charge on any atom is 0.218 e. The molecule has 0 aromatic heterocycles. The molecule has 0 saturated heterocycles. The van der Waals surface area contributed by atoms with Crippen molar-refractivity contribution in [1.29, 1.82) is 0 Å². The Hall–Kier alpha value is -0.0600. The van der Waals surface area contributed by atoms with Crippen LogP contribution in [0.15, 0.2) is 11.8 Å². The Morgan fingerprint density at radius 2 is 2.29 bits per heavy atom. The Kier molecular flexibility index (Phi) is 2.98. The van der Waals surface area contributed by atoms with Gasteiger partial charge in [-0.05, 0) is 6.92 Å². The molecule has 0 fully saturated rings. The zero-order chi connectivity index (χ0) is 5.86. The van der Waals surface area contributed by atoms with Gasteiger partial charge in [0, 0.05) is 28.7 Å². The first-order valence-electron chi connectivity index (χ1n) is 1.69. The molecule has 0 saturated carbocycles. The SMILES string of the molecule is CC(O)=CC(=O)I. The first kappa shape index (κ1) is 6.94. The number of aliphatic hydroxyl groups is 1. The van der Waals surface area contributed by atoms with Crippen molar-refractivity contribution in [3.05, 3.63) is 11.8 Å². The molecule has 0 aromatic carbocycles. The van der Waals surface area contributed by atoms with Gasteiger partial charge < -0.3 is 5.11 Å². The van der Waals surface area contributed by atoms with Crippen molar-refractivity contribution >= 4 is 26.4 Å². The van der Waals surface area contributed by atoms with Crippen molar-refractivity contribution in [3.63, 3.8) is 0 Å². The van der Waals surface area contributed by atoms with Crippen molar-refractivity contribution in [3.8, 4) is 0 Å². The third-order valence-electron chi connectivity index (χ3n) is 0.322. The van der Waals surface area contributed by atoms with Gasteiger partial charge in [0.15, 0.2) is 0 Å². The maximum absolute atomic E-state index is 10.0. The van der Waals surface area contributed by atoms with Gasteiger partial charge in [-0.1, -0.05) is 0 Å². The monoisotopic (exact) mass is 212 g/mol. The number of carbonyl (C=O) groups excluding carboxylic acids is 1. The fraction of sp³-hybridized carbons (Fsp3) is 0.250. The van der Waals surface area contributed by atoms with Gasteiger partial charge in [-0.15, -0.1) is 0 Å². The summed E-state index contributed by atoms with van der Waals surface area (Å²) in [5.41, 5.74) is 0. The van der Waals surface area contributed by atoms with Crippen LogP contribution in [0.3, 0.4) is 0 Å². The Morgan fingerprint density at radius 3 is 2.29 bits per heavy atom. The third-order valence-corrected chi connectivity index (χ3v) is 0.634. The van der Waals surface area contributed by atoms with Crippen LogP contribution >= 0.6 is 22.6 Å². The lowest BCUT2D eigenvalue weighted by Gasteiger charge is -1.79. The lowest BCUT2D eigenvalue weighted by Crippen LogP contribution is -1.77. The fourth-order valence-corrected chi connectivity index (χ4v) is 0.615. The molecule has 0 radical (unpaired) electrons. The molecule has 3 heteroatoms. The van der Waals surface area contributed by atoms with Crippen molar-refractivity contribution < 1.29 is 9.90 Å². The molecule has 0 aromatic rings. The summed E-state index contributed by atoms with van der Waals surface area (Å²) in [6, 6.07) is 0. The van der Waals surface area contributed by atoms with Crippen LogP contribution in [0.1, 0.15) is 6.92 Å². The number of carbonyl (C=O) groups is 1. The van der Waals surface area contributed by atoms with Crippen LogP contribution in [0, 0.1) is 0 Å². The predicted octanol–water partition coefficient (Wildman–Crippen LogP) is 1.41. The average Bonchev–Trinajstić information content (AvgIpc) is 1.27. The van der Waals surface area contributed by atoms with E-state index in [1.165, 1.54) is 6.92 Å². The van der Waals surface area contributed by atoms with Gasteiger partial charge in [-0.2, -0.15) is 0 Å². The first-order valence-corrected chi connectivity index (χ1v) is 2.77. The Balaban J connectivity index is 3.68. The van der Waals surface area contributed by atoms with Gasteiger partial charge in [-0.25, -0.2) is 0 Å². The van der Waals surface area contributed by atoms with Crippen LogP contribution in [0.2, 0.25) is 0 Å². The molecule has 0 aliphatic heterocycles. The molecule has 0 aliphatic carbocycles. The molecule has 1 N–H and O–H groups in total. The van der Waals surface area contributed by atoms with Crippen LogP contribution in [0.25, 0.3) is 0 Å². The highest BCUT2D eigenvalue weighted by Crippen LogP contribution is 1.90. The number of rotatable bonds is 1. The molecule has 2 nitrogen and oxygen atoms in total. The number of halogens is 1. The van der Waals surface area contributed by atoms with E-state index in [1.54, 1.807) is 22.6 Å². The fourth-order valence-electron chi connectivity index (χ4n) is 0.164. The second-order valence-electron chi connectivity index (χ2n) is 1.09. The first-order chi connectivity index (χ1) is 3.13. The molecule has 0 unspecified atom stereocenters. The second kappa shape index (κ2) is 3.01. The molecule has 0 bridgehead atoms. The van der Waals surface area contributed by atoms with E-state index in [9.17, 15) is 4.79 Å². The highest BCUT2D eigenvalue weighted by molar-refractivity contribution is 14.1. The smallest absolute Gasteiger partial charge is 0.218 e. The third kappa shape index (κ3) is 5.94. The Bertz CT molecular complexity index is 102. The highest BCUT2D eigenvalue weighted by atomic mass is 127. The van der Waals surface area contributed by atoms with E-state index >= 15 is 0 Å². The van der Waals surface area contributed by atoms with Crippen LogP contribution in [-0.2, 0) is 4.79 Å². The van der Waals surface area contributed by atoms with Gasteiger partial charge in [-0.3, -0.25) is 4.79 Å². The summed E-state index contributed by atoms with van der Waals surface area (Å²) < 4.78 is -0.155. The molecule has 0 heterocycles. The van der Waals surface area contributed by atoms with Crippen LogP contribution < -0.4 is 0 Å². The molecular weight excluding hydrogens is 207 g/mol. The van der Waals surface area contributed by atoms with E-state index in [4.69, 9.17) is 5.11 Å². The van der Waals surface area contributed by atoms with Crippen LogP contribution in [0.5, 0.6) is 0 Å². The molecule has 0 atom stereocenters. The van der Waals surface area contributed by atoms with Crippen LogP contribution in [0.4, 0.5) is 0 Å². The zero-order valence-electron chi connectivity index (χ0n) is 3.81. The van der Waals surface area contributed by atoms with Gasteiger partial charge >= 0.3 is 0 Å². The number of hydrogen-bond acceptors (Lipinski definition) is 2. The second-order valence-corrected chi connectivity index (χ2v) is 2.15. The molecular formula is C4H5IO2.